The summed E-state index contributed by atoms with van der Waals surface area (Å²) >= 11 is 3.17. The number of pyridine rings is 1. The van der Waals surface area contributed by atoms with E-state index in [-0.39, 0.29) is 12.5 Å². The minimum absolute atomic E-state index is 0.0785. The van der Waals surface area contributed by atoms with Crippen molar-refractivity contribution >= 4 is 33.5 Å². The zero-order valence-electron chi connectivity index (χ0n) is 11.0. The Morgan fingerprint density at radius 2 is 2.20 bits per heavy atom. The fourth-order valence-corrected chi connectivity index (χ4v) is 2.07. The van der Waals surface area contributed by atoms with Crippen molar-refractivity contribution in [2.75, 3.05) is 20.2 Å². The first-order chi connectivity index (χ1) is 9.55. The molecule has 0 atom stereocenters. The Morgan fingerprint density at radius 1 is 1.45 bits per heavy atom. The van der Waals surface area contributed by atoms with Gasteiger partial charge >= 0.3 is 5.97 Å². The van der Waals surface area contributed by atoms with Crippen LogP contribution in [0, 0.1) is 0 Å². The van der Waals surface area contributed by atoms with E-state index < -0.39 is 5.97 Å². The molecular weight excluding hydrogens is 328 g/mol. The number of fused-ring (bicyclic) bond motifs is 1. The lowest BCUT2D eigenvalue weighted by molar-refractivity contribution is -0.141. The molecule has 2 aromatic rings. The lowest BCUT2D eigenvalue weighted by atomic mass is 10.2. The number of hydrogen-bond donors (Lipinski definition) is 0. The van der Waals surface area contributed by atoms with E-state index in [2.05, 4.69) is 30.7 Å². The van der Waals surface area contributed by atoms with Crippen molar-refractivity contribution in [3.05, 3.63) is 28.6 Å². The first kappa shape index (κ1) is 14.4. The van der Waals surface area contributed by atoms with Gasteiger partial charge in [0.2, 0.25) is 4.73 Å². The van der Waals surface area contributed by atoms with Gasteiger partial charge < -0.3 is 9.64 Å². The maximum atomic E-state index is 12.3. The molecule has 0 radical (unpaired) electrons. The molecule has 2 heterocycles. The number of halogens is 1. The Labute approximate surface area is 123 Å². The number of carbonyl (C=O) groups excluding carboxylic acids is 2. The number of nitrogens with zero attached hydrogens (tertiary/aromatic N) is 4. The van der Waals surface area contributed by atoms with Crippen LogP contribution in [-0.2, 0) is 9.53 Å². The van der Waals surface area contributed by atoms with E-state index in [4.69, 9.17) is 0 Å². The third-order valence-corrected chi connectivity index (χ3v) is 3.10. The maximum absolute atomic E-state index is 12.3. The van der Waals surface area contributed by atoms with E-state index >= 15 is 0 Å². The van der Waals surface area contributed by atoms with Gasteiger partial charge in [-0.25, -0.2) is 9.50 Å². The van der Waals surface area contributed by atoms with Crippen molar-refractivity contribution in [3.8, 4) is 0 Å². The molecule has 7 nitrogen and oxygen atoms in total. The van der Waals surface area contributed by atoms with Gasteiger partial charge in [-0.2, -0.15) is 0 Å². The van der Waals surface area contributed by atoms with Crippen molar-refractivity contribution in [3.63, 3.8) is 0 Å². The lowest BCUT2D eigenvalue weighted by Crippen LogP contribution is -2.36. The highest BCUT2D eigenvalue weighted by Gasteiger charge is 2.18. The summed E-state index contributed by atoms with van der Waals surface area (Å²) < 4.78 is 6.53. The summed E-state index contributed by atoms with van der Waals surface area (Å²) in [6, 6.07) is 3.34. The first-order valence-corrected chi connectivity index (χ1v) is 6.72. The Balaban J connectivity index is 2.26. The van der Waals surface area contributed by atoms with Crippen LogP contribution in [0.3, 0.4) is 0 Å². The summed E-state index contributed by atoms with van der Waals surface area (Å²) in [7, 11) is 1.29. The molecule has 1 amide bonds. The fraction of sp³-hybridized carbons (Fsp3) is 0.333. The molecule has 2 rings (SSSR count). The summed E-state index contributed by atoms with van der Waals surface area (Å²) in [5.74, 6) is -0.712. The van der Waals surface area contributed by atoms with Gasteiger partial charge in [0, 0.05) is 12.7 Å². The summed E-state index contributed by atoms with van der Waals surface area (Å²) in [4.78, 5) is 29.1. The topological polar surface area (TPSA) is 76.8 Å². The molecule has 20 heavy (non-hydrogen) atoms. The van der Waals surface area contributed by atoms with Crippen LogP contribution in [0.5, 0.6) is 0 Å². The number of amides is 1. The zero-order chi connectivity index (χ0) is 14.7. The third-order valence-electron chi connectivity index (χ3n) is 2.77. The Hall–Kier alpha value is -1.96. The van der Waals surface area contributed by atoms with Crippen molar-refractivity contribution in [2.24, 2.45) is 0 Å². The number of carbonyl (C=O) groups is 2. The zero-order valence-corrected chi connectivity index (χ0v) is 12.6. The Morgan fingerprint density at radius 3 is 2.85 bits per heavy atom. The molecule has 0 saturated heterocycles. The van der Waals surface area contributed by atoms with E-state index in [1.807, 2.05) is 0 Å². The van der Waals surface area contributed by atoms with Crippen LogP contribution in [0.25, 0.3) is 5.65 Å². The molecule has 0 spiro atoms. The summed E-state index contributed by atoms with van der Waals surface area (Å²) in [5.41, 5.74) is 1.06. The first-order valence-electron chi connectivity index (χ1n) is 5.93. The molecule has 0 unspecified atom stereocenters. The number of ether oxygens (including phenoxy) is 1. The molecule has 0 aliphatic heterocycles. The largest absolute Gasteiger partial charge is 0.468 e. The Kier molecular flexibility index (Phi) is 4.33. The third kappa shape index (κ3) is 2.96. The predicted molar refractivity (Wildman–Crippen MR) is 74.3 cm³/mol. The van der Waals surface area contributed by atoms with Crippen molar-refractivity contribution in [1.82, 2.24) is 19.5 Å². The maximum Gasteiger partial charge on any atom is 0.325 e. The molecule has 0 aliphatic rings. The van der Waals surface area contributed by atoms with E-state index in [1.54, 1.807) is 25.3 Å². The molecule has 106 valence electrons. The van der Waals surface area contributed by atoms with Crippen LogP contribution in [-0.4, -0.2) is 51.6 Å². The molecular formula is C12H13BrN4O3. The van der Waals surface area contributed by atoms with E-state index in [0.717, 1.165) is 0 Å². The van der Waals surface area contributed by atoms with Crippen molar-refractivity contribution in [1.29, 1.82) is 0 Å². The fourth-order valence-electron chi connectivity index (χ4n) is 1.71. The van der Waals surface area contributed by atoms with Gasteiger partial charge in [-0.15, -0.1) is 5.10 Å². The average molecular weight is 341 g/mol. The van der Waals surface area contributed by atoms with Gasteiger partial charge in [-0.3, -0.25) is 9.59 Å². The van der Waals surface area contributed by atoms with E-state index in [0.29, 0.717) is 22.5 Å². The molecule has 0 aliphatic carbocycles. The van der Waals surface area contributed by atoms with Crippen LogP contribution in [0.15, 0.2) is 23.1 Å². The number of likely N-dealkylation sites (N-methyl/N-ethyl adjacent to an activating group) is 1. The second kappa shape index (κ2) is 6.00. The van der Waals surface area contributed by atoms with Gasteiger partial charge in [0.15, 0.2) is 5.65 Å². The number of methoxy groups -OCH3 is 1. The summed E-state index contributed by atoms with van der Waals surface area (Å²) in [5, 5.41) is 4.08. The summed E-state index contributed by atoms with van der Waals surface area (Å²) in [6.07, 6.45) is 1.58. The highest BCUT2D eigenvalue weighted by Crippen LogP contribution is 2.10. The monoisotopic (exact) mass is 340 g/mol. The average Bonchev–Trinajstić information content (AvgIpc) is 2.82. The lowest BCUT2D eigenvalue weighted by Gasteiger charge is -2.19. The van der Waals surface area contributed by atoms with Crippen molar-refractivity contribution in [2.45, 2.75) is 6.92 Å². The van der Waals surface area contributed by atoms with Gasteiger partial charge in [-0.1, -0.05) is 0 Å². The minimum Gasteiger partial charge on any atom is -0.468 e. The quantitative estimate of drug-likeness (QED) is 0.779. The number of aromatic nitrogens is 3. The SMILES string of the molecule is CCN(CC(=O)OC)C(=O)c1ccc2nc(Br)nn2c1. The summed E-state index contributed by atoms with van der Waals surface area (Å²) in [6.45, 7) is 2.13. The van der Waals surface area contributed by atoms with Gasteiger partial charge in [-0.05, 0) is 35.0 Å². The standard InChI is InChI=1S/C12H13BrN4O3/c1-3-16(7-10(18)20-2)11(19)8-4-5-9-14-12(13)15-17(9)6-8/h4-6H,3,7H2,1-2H3. The number of rotatable bonds is 4. The van der Waals surface area contributed by atoms with E-state index in [1.165, 1.54) is 16.5 Å². The normalized spacial score (nSPS) is 10.6. The minimum atomic E-state index is -0.454. The molecule has 0 bridgehead atoms. The van der Waals surface area contributed by atoms with E-state index in [9.17, 15) is 9.59 Å². The highest BCUT2D eigenvalue weighted by atomic mass is 79.9. The molecule has 0 aromatic carbocycles. The number of hydrogen-bond acceptors (Lipinski definition) is 5. The van der Waals surface area contributed by atoms with Gasteiger partial charge in [0.05, 0.1) is 12.7 Å². The van der Waals surface area contributed by atoms with Crippen LogP contribution in [0.4, 0.5) is 0 Å². The van der Waals surface area contributed by atoms with Crippen LogP contribution in [0.2, 0.25) is 0 Å². The van der Waals surface area contributed by atoms with Crippen LogP contribution >= 0.6 is 15.9 Å². The van der Waals surface area contributed by atoms with Gasteiger partial charge in [0.1, 0.15) is 6.54 Å². The highest BCUT2D eigenvalue weighted by molar-refractivity contribution is 9.10. The van der Waals surface area contributed by atoms with Crippen LogP contribution in [0.1, 0.15) is 17.3 Å². The Bertz CT molecular complexity index is 655. The number of esters is 1. The molecule has 8 heteroatoms. The molecule has 0 saturated carbocycles. The van der Waals surface area contributed by atoms with Crippen LogP contribution < -0.4 is 0 Å². The van der Waals surface area contributed by atoms with Crippen molar-refractivity contribution < 1.29 is 14.3 Å². The smallest absolute Gasteiger partial charge is 0.325 e. The second-order valence-corrected chi connectivity index (χ2v) is 4.71. The molecule has 0 N–H and O–H groups in total. The molecule has 0 fully saturated rings. The molecule has 2 aromatic heterocycles. The van der Waals surface area contributed by atoms with Gasteiger partial charge in [0.25, 0.3) is 5.91 Å². The predicted octanol–water partition coefficient (Wildman–Crippen LogP) is 1.13. The second-order valence-electron chi connectivity index (χ2n) is 4.00.